The lowest BCUT2D eigenvalue weighted by atomic mass is 10.0. The fourth-order valence-corrected chi connectivity index (χ4v) is 2.39. The van der Waals surface area contributed by atoms with E-state index in [4.69, 9.17) is 11.5 Å². The molecule has 2 aromatic carbocycles. The molecule has 0 heterocycles. The summed E-state index contributed by atoms with van der Waals surface area (Å²) in [4.78, 5) is 2.25. The first-order chi connectivity index (χ1) is 9.20. The van der Waals surface area contributed by atoms with Gasteiger partial charge in [-0.15, -0.1) is 0 Å². The largest absolute Gasteiger partial charge is 0.329 e. The first-order valence-corrected chi connectivity index (χ1v) is 6.81. The molecule has 0 radical (unpaired) electrons. The second kappa shape index (κ2) is 6.66. The van der Waals surface area contributed by atoms with Crippen LogP contribution in [0.5, 0.6) is 0 Å². The molecule has 0 amide bonds. The van der Waals surface area contributed by atoms with Gasteiger partial charge in [-0.3, -0.25) is 0 Å². The molecule has 0 aliphatic heterocycles. The highest BCUT2D eigenvalue weighted by Crippen LogP contribution is 2.18. The molecule has 0 fully saturated rings. The average molecular weight is 257 g/mol. The number of nitrogens with zero attached hydrogens (tertiary/aromatic N) is 1. The average Bonchev–Trinajstić information content (AvgIpc) is 2.44. The summed E-state index contributed by atoms with van der Waals surface area (Å²) in [5.74, 6) is 0. The standard InChI is InChI=1S/C16H23N3/c1-19(12-15(18)11-17)10-9-14-7-4-6-13-5-2-3-8-16(13)14/h2-8,15H,9-12,17-18H2,1H3. The minimum Gasteiger partial charge on any atom is -0.329 e. The highest BCUT2D eigenvalue weighted by molar-refractivity contribution is 5.85. The number of benzene rings is 2. The maximum absolute atomic E-state index is 5.87. The molecule has 1 unspecified atom stereocenters. The Balaban J connectivity index is 2.02. The summed E-state index contributed by atoms with van der Waals surface area (Å²) in [5.41, 5.74) is 12.8. The van der Waals surface area contributed by atoms with Crippen molar-refractivity contribution in [1.29, 1.82) is 0 Å². The third-order valence-electron chi connectivity index (χ3n) is 3.49. The Morgan fingerprint density at radius 2 is 1.84 bits per heavy atom. The topological polar surface area (TPSA) is 55.3 Å². The minimum absolute atomic E-state index is 0.0671. The Bertz CT molecular complexity index is 519. The highest BCUT2D eigenvalue weighted by atomic mass is 15.1. The molecule has 19 heavy (non-hydrogen) atoms. The fourth-order valence-electron chi connectivity index (χ4n) is 2.39. The molecule has 0 aromatic heterocycles. The van der Waals surface area contributed by atoms with Crippen LogP contribution in [0.25, 0.3) is 10.8 Å². The number of rotatable bonds is 6. The molecule has 0 saturated heterocycles. The van der Waals surface area contributed by atoms with Crippen LogP contribution in [-0.2, 0) is 6.42 Å². The number of nitrogens with two attached hydrogens (primary N) is 2. The van der Waals surface area contributed by atoms with Crippen LogP contribution in [0.4, 0.5) is 0 Å². The van der Waals surface area contributed by atoms with Crippen LogP contribution in [0.15, 0.2) is 42.5 Å². The maximum atomic E-state index is 5.87. The van der Waals surface area contributed by atoms with Gasteiger partial charge in [-0.2, -0.15) is 0 Å². The van der Waals surface area contributed by atoms with Crippen molar-refractivity contribution in [3.8, 4) is 0 Å². The van der Waals surface area contributed by atoms with E-state index in [1.807, 2.05) is 0 Å². The maximum Gasteiger partial charge on any atom is 0.0292 e. The van der Waals surface area contributed by atoms with Gasteiger partial charge in [-0.05, 0) is 29.8 Å². The zero-order chi connectivity index (χ0) is 13.7. The lowest BCUT2D eigenvalue weighted by Gasteiger charge is -2.20. The van der Waals surface area contributed by atoms with E-state index >= 15 is 0 Å². The molecule has 3 heteroatoms. The van der Waals surface area contributed by atoms with Gasteiger partial charge in [0.2, 0.25) is 0 Å². The van der Waals surface area contributed by atoms with Gasteiger partial charge in [-0.1, -0.05) is 42.5 Å². The molecule has 1 atom stereocenters. The molecule has 4 N–H and O–H groups in total. The summed E-state index contributed by atoms with van der Waals surface area (Å²) >= 11 is 0. The Labute approximate surface area is 115 Å². The van der Waals surface area contributed by atoms with Crippen LogP contribution in [0.2, 0.25) is 0 Å². The van der Waals surface area contributed by atoms with Gasteiger partial charge >= 0.3 is 0 Å². The Kier molecular flexibility index (Phi) is 4.91. The molecular formula is C16H23N3. The Morgan fingerprint density at radius 3 is 2.63 bits per heavy atom. The smallest absolute Gasteiger partial charge is 0.0292 e. The van der Waals surface area contributed by atoms with Crippen molar-refractivity contribution in [2.45, 2.75) is 12.5 Å². The normalized spacial score (nSPS) is 13.1. The lowest BCUT2D eigenvalue weighted by molar-refractivity contribution is 0.316. The number of likely N-dealkylation sites (N-methyl/N-ethyl adjacent to an activating group) is 1. The molecule has 2 aromatic rings. The third kappa shape index (κ3) is 3.77. The molecule has 3 nitrogen and oxygen atoms in total. The zero-order valence-corrected chi connectivity index (χ0v) is 11.5. The van der Waals surface area contributed by atoms with E-state index in [0.717, 1.165) is 19.5 Å². The number of hydrogen-bond donors (Lipinski definition) is 2. The van der Waals surface area contributed by atoms with E-state index in [-0.39, 0.29) is 6.04 Å². The molecule has 102 valence electrons. The predicted octanol–water partition coefficient (Wildman–Crippen LogP) is 1.60. The minimum atomic E-state index is 0.0671. The predicted molar refractivity (Wildman–Crippen MR) is 82.2 cm³/mol. The van der Waals surface area contributed by atoms with E-state index in [1.165, 1.54) is 16.3 Å². The van der Waals surface area contributed by atoms with Crippen molar-refractivity contribution in [3.63, 3.8) is 0 Å². The highest BCUT2D eigenvalue weighted by Gasteiger charge is 2.06. The Hall–Kier alpha value is -1.42. The van der Waals surface area contributed by atoms with E-state index in [1.54, 1.807) is 0 Å². The molecule has 2 rings (SSSR count). The summed E-state index contributed by atoms with van der Waals surface area (Å²) in [6, 6.07) is 15.1. The van der Waals surface area contributed by atoms with Gasteiger partial charge < -0.3 is 16.4 Å². The van der Waals surface area contributed by atoms with Gasteiger partial charge in [-0.25, -0.2) is 0 Å². The molecule has 0 aliphatic rings. The van der Waals surface area contributed by atoms with E-state index in [9.17, 15) is 0 Å². The van der Waals surface area contributed by atoms with Crippen LogP contribution in [0.3, 0.4) is 0 Å². The fraction of sp³-hybridized carbons (Fsp3) is 0.375. The molecule has 0 spiro atoms. The summed E-state index contributed by atoms with van der Waals surface area (Å²) in [5, 5.41) is 2.66. The van der Waals surface area contributed by atoms with Crippen LogP contribution in [0.1, 0.15) is 5.56 Å². The second-order valence-electron chi connectivity index (χ2n) is 5.15. The molecular weight excluding hydrogens is 234 g/mol. The van der Waals surface area contributed by atoms with Gasteiger partial charge in [0.15, 0.2) is 0 Å². The summed E-state index contributed by atoms with van der Waals surface area (Å²) < 4.78 is 0. The molecule has 0 aliphatic carbocycles. The van der Waals surface area contributed by atoms with E-state index in [0.29, 0.717) is 6.54 Å². The van der Waals surface area contributed by atoms with E-state index < -0.39 is 0 Å². The first-order valence-electron chi connectivity index (χ1n) is 6.81. The first kappa shape index (κ1) is 14.0. The van der Waals surface area contributed by atoms with Gasteiger partial charge in [0, 0.05) is 25.7 Å². The molecule has 0 saturated carbocycles. The van der Waals surface area contributed by atoms with Crippen molar-refractivity contribution in [3.05, 3.63) is 48.0 Å². The lowest BCUT2D eigenvalue weighted by Crippen LogP contribution is -2.41. The van der Waals surface area contributed by atoms with Crippen molar-refractivity contribution >= 4 is 10.8 Å². The van der Waals surface area contributed by atoms with Crippen molar-refractivity contribution in [2.24, 2.45) is 11.5 Å². The summed E-state index contributed by atoms with van der Waals surface area (Å²) in [6.07, 6.45) is 1.04. The van der Waals surface area contributed by atoms with Gasteiger partial charge in [0.1, 0.15) is 0 Å². The van der Waals surface area contributed by atoms with Gasteiger partial charge in [0.25, 0.3) is 0 Å². The van der Waals surface area contributed by atoms with Crippen molar-refractivity contribution < 1.29 is 0 Å². The summed E-state index contributed by atoms with van der Waals surface area (Å²) in [6.45, 7) is 2.39. The quantitative estimate of drug-likeness (QED) is 0.826. The van der Waals surface area contributed by atoms with Crippen LogP contribution in [0, 0.1) is 0 Å². The number of fused-ring (bicyclic) bond motifs is 1. The van der Waals surface area contributed by atoms with Crippen molar-refractivity contribution in [1.82, 2.24) is 4.90 Å². The molecule has 0 bridgehead atoms. The van der Waals surface area contributed by atoms with Crippen LogP contribution < -0.4 is 11.5 Å². The van der Waals surface area contributed by atoms with Crippen LogP contribution in [-0.4, -0.2) is 37.6 Å². The van der Waals surface area contributed by atoms with E-state index in [2.05, 4.69) is 54.4 Å². The monoisotopic (exact) mass is 257 g/mol. The third-order valence-corrected chi connectivity index (χ3v) is 3.49. The second-order valence-corrected chi connectivity index (χ2v) is 5.15. The zero-order valence-electron chi connectivity index (χ0n) is 11.5. The van der Waals surface area contributed by atoms with Crippen LogP contribution >= 0.6 is 0 Å². The number of hydrogen-bond acceptors (Lipinski definition) is 3. The van der Waals surface area contributed by atoms with Crippen molar-refractivity contribution in [2.75, 3.05) is 26.7 Å². The summed E-state index contributed by atoms with van der Waals surface area (Å²) in [7, 11) is 2.10. The SMILES string of the molecule is CN(CCc1cccc2ccccc12)CC(N)CN. The van der Waals surface area contributed by atoms with Gasteiger partial charge in [0.05, 0.1) is 0 Å². The Morgan fingerprint density at radius 1 is 1.11 bits per heavy atom.